The first-order chi connectivity index (χ1) is 8.90. The summed E-state index contributed by atoms with van der Waals surface area (Å²) in [7, 11) is 0. The van der Waals surface area contributed by atoms with Crippen LogP contribution in [0.3, 0.4) is 0 Å². The molecule has 0 aromatic heterocycles. The van der Waals surface area contributed by atoms with Crippen LogP contribution in [-0.2, 0) is 0 Å². The van der Waals surface area contributed by atoms with Crippen molar-refractivity contribution in [3.05, 3.63) is 29.3 Å². The molecule has 2 unspecified atom stereocenters. The standard InChI is InChI=1S/C13H15F2NO3/c1-7(17)8-2-3-16(6-8)13(19)12-10(15)4-9(14)5-11(12)18/h4-5,7-8,17-18H,2-3,6H2,1H3. The van der Waals surface area contributed by atoms with Gasteiger partial charge < -0.3 is 15.1 Å². The van der Waals surface area contributed by atoms with E-state index in [1.54, 1.807) is 6.92 Å². The summed E-state index contributed by atoms with van der Waals surface area (Å²) in [6.07, 6.45) is 0.0666. The normalized spacial score (nSPS) is 20.6. The topological polar surface area (TPSA) is 60.8 Å². The molecule has 1 fully saturated rings. The van der Waals surface area contributed by atoms with E-state index in [2.05, 4.69) is 0 Å². The number of rotatable bonds is 2. The van der Waals surface area contributed by atoms with Crippen LogP contribution in [0.5, 0.6) is 5.75 Å². The Balaban J connectivity index is 2.22. The predicted molar refractivity (Wildman–Crippen MR) is 63.7 cm³/mol. The average molecular weight is 271 g/mol. The first kappa shape index (κ1) is 13.7. The Kier molecular flexibility index (Phi) is 3.71. The van der Waals surface area contributed by atoms with Crippen LogP contribution in [-0.4, -0.2) is 40.2 Å². The van der Waals surface area contributed by atoms with E-state index < -0.39 is 35.0 Å². The van der Waals surface area contributed by atoms with Crippen molar-refractivity contribution in [3.8, 4) is 5.75 Å². The van der Waals surface area contributed by atoms with Crippen molar-refractivity contribution in [1.29, 1.82) is 0 Å². The minimum absolute atomic E-state index is 0.0606. The van der Waals surface area contributed by atoms with Gasteiger partial charge in [0.25, 0.3) is 5.91 Å². The Morgan fingerprint density at radius 2 is 2.16 bits per heavy atom. The fourth-order valence-corrected chi connectivity index (χ4v) is 2.30. The van der Waals surface area contributed by atoms with Crippen molar-refractivity contribution >= 4 is 5.91 Å². The molecule has 1 heterocycles. The van der Waals surface area contributed by atoms with Crippen molar-refractivity contribution in [2.75, 3.05) is 13.1 Å². The van der Waals surface area contributed by atoms with Gasteiger partial charge >= 0.3 is 0 Å². The number of benzene rings is 1. The number of aliphatic hydroxyl groups excluding tert-OH is 1. The van der Waals surface area contributed by atoms with Gasteiger partial charge in [-0.3, -0.25) is 4.79 Å². The van der Waals surface area contributed by atoms with Gasteiger partial charge in [0.1, 0.15) is 22.9 Å². The summed E-state index contributed by atoms with van der Waals surface area (Å²) >= 11 is 0. The number of phenols is 1. The number of carbonyl (C=O) groups is 1. The largest absolute Gasteiger partial charge is 0.507 e. The number of phenolic OH excluding ortho intramolecular Hbond substituents is 1. The highest BCUT2D eigenvalue weighted by molar-refractivity contribution is 5.97. The summed E-state index contributed by atoms with van der Waals surface area (Å²) in [6, 6.07) is 1.27. The molecule has 0 aliphatic carbocycles. The first-order valence-electron chi connectivity index (χ1n) is 6.05. The molecule has 2 rings (SSSR count). The molecule has 4 nitrogen and oxygen atoms in total. The second kappa shape index (κ2) is 5.13. The second-order valence-corrected chi connectivity index (χ2v) is 4.82. The lowest BCUT2D eigenvalue weighted by Gasteiger charge is -2.18. The number of aliphatic hydroxyl groups is 1. The maximum atomic E-state index is 13.6. The van der Waals surface area contributed by atoms with Gasteiger partial charge in [0.05, 0.1) is 6.10 Å². The molecule has 1 aromatic carbocycles. The van der Waals surface area contributed by atoms with Gasteiger partial charge in [0.2, 0.25) is 0 Å². The smallest absolute Gasteiger partial charge is 0.260 e. The number of aromatic hydroxyl groups is 1. The van der Waals surface area contributed by atoms with Crippen LogP contribution in [0, 0.1) is 17.6 Å². The van der Waals surface area contributed by atoms with Gasteiger partial charge in [-0.25, -0.2) is 8.78 Å². The lowest BCUT2D eigenvalue weighted by atomic mass is 10.0. The number of hydrogen-bond donors (Lipinski definition) is 2. The van der Waals surface area contributed by atoms with Crippen LogP contribution in [0.25, 0.3) is 0 Å². The van der Waals surface area contributed by atoms with Gasteiger partial charge in [-0.2, -0.15) is 0 Å². The van der Waals surface area contributed by atoms with Crippen molar-refractivity contribution < 1.29 is 23.8 Å². The highest BCUT2D eigenvalue weighted by Gasteiger charge is 2.32. The Bertz CT molecular complexity index is 482. The summed E-state index contributed by atoms with van der Waals surface area (Å²) in [5.41, 5.74) is -0.521. The zero-order valence-corrected chi connectivity index (χ0v) is 10.4. The SMILES string of the molecule is CC(O)C1CCN(C(=O)c2c(O)cc(F)cc2F)C1. The Morgan fingerprint density at radius 3 is 2.68 bits per heavy atom. The molecule has 1 aliphatic rings. The number of hydrogen-bond acceptors (Lipinski definition) is 3. The fraction of sp³-hybridized carbons (Fsp3) is 0.462. The Hall–Kier alpha value is -1.69. The minimum atomic E-state index is -1.08. The van der Waals surface area contributed by atoms with Gasteiger partial charge in [-0.1, -0.05) is 0 Å². The lowest BCUT2D eigenvalue weighted by Crippen LogP contribution is -2.31. The quantitative estimate of drug-likeness (QED) is 0.857. The van der Waals surface area contributed by atoms with Crippen LogP contribution in [0.15, 0.2) is 12.1 Å². The summed E-state index contributed by atoms with van der Waals surface area (Å²) in [5.74, 6) is -3.46. The van der Waals surface area contributed by atoms with Gasteiger partial charge in [0, 0.05) is 31.1 Å². The Labute approximate surface area is 109 Å². The molecule has 0 saturated carbocycles. The third-order valence-electron chi connectivity index (χ3n) is 3.44. The molecular weight excluding hydrogens is 256 g/mol. The van der Waals surface area contributed by atoms with E-state index in [0.717, 1.165) is 0 Å². The van der Waals surface area contributed by atoms with Gasteiger partial charge in [0.15, 0.2) is 0 Å². The van der Waals surface area contributed by atoms with Crippen LogP contribution in [0.2, 0.25) is 0 Å². The number of likely N-dealkylation sites (tertiary alicyclic amines) is 1. The molecule has 1 aliphatic heterocycles. The second-order valence-electron chi connectivity index (χ2n) is 4.82. The third-order valence-corrected chi connectivity index (χ3v) is 3.44. The molecule has 104 valence electrons. The Morgan fingerprint density at radius 1 is 1.47 bits per heavy atom. The molecule has 19 heavy (non-hydrogen) atoms. The first-order valence-corrected chi connectivity index (χ1v) is 6.05. The third kappa shape index (κ3) is 2.68. The molecule has 2 atom stereocenters. The predicted octanol–water partition coefficient (Wildman–Crippen LogP) is 1.51. The zero-order valence-electron chi connectivity index (χ0n) is 10.4. The maximum absolute atomic E-state index is 13.6. The number of halogens is 2. The van der Waals surface area contributed by atoms with Crippen molar-refractivity contribution in [2.45, 2.75) is 19.4 Å². The summed E-state index contributed by atoms with van der Waals surface area (Å²) in [4.78, 5) is 13.4. The van der Waals surface area contributed by atoms with Crippen molar-refractivity contribution in [3.63, 3.8) is 0 Å². The van der Waals surface area contributed by atoms with Crippen LogP contribution < -0.4 is 0 Å². The monoisotopic (exact) mass is 271 g/mol. The molecule has 0 bridgehead atoms. The van der Waals surface area contributed by atoms with E-state index in [1.807, 2.05) is 0 Å². The van der Waals surface area contributed by atoms with Crippen LogP contribution >= 0.6 is 0 Å². The summed E-state index contributed by atoms with van der Waals surface area (Å²) in [6.45, 7) is 2.31. The summed E-state index contributed by atoms with van der Waals surface area (Å²) in [5, 5.41) is 19.0. The van der Waals surface area contributed by atoms with E-state index >= 15 is 0 Å². The molecule has 1 amide bonds. The van der Waals surface area contributed by atoms with Crippen LogP contribution in [0.4, 0.5) is 8.78 Å². The minimum Gasteiger partial charge on any atom is -0.507 e. The van der Waals surface area contributed by atoms with E-state index in [9.17, 15) is 23.8 Å². The van der Waals surface area contributed by atoms with Gasteiger partial charge in [-0.15, -0.1) is 0 Å². The highest BCUT2D eigenvalue weighted by Crippen LogP contribution is 2.27. The zero-order chi connectivity index (χ0) is 14.2. The number of carbonyl (C=O) groups excluding carboxylic acids is 1. The van der Waals surface area contributed by atoms with Crippen molar-refractivity contribution in [1.82, 2.24) is 4.90 Å². The summed E-state index contributed by atoms with van der Waals surface area (Å²) < 4.78 is 26.4. The molecule has 0 radical (unpaired) electrons. The van der Waals surface area contributed by atoms with E-state index in [1.165, 1.54) is 4.90 Å². The molecule has 1 saturated heterocycles. The average Bonchev–Trinajstić information content (AvgIpc) is 2.76. The molecular formula is C13H15F2NO3. The van der Waals surface area contributed by atoms with Crippen LogP contribution in [0.1, 0.15) is 23.7 Å². The number of amides is 1. The molecule has 6 heteroatoms. The van der Waals surface area contributed by atoms with Gasteiger partial charge in [-0.05, 0) is 13.3 Å². The molecule has 0 spiro atoms. The molecule has 2 N–H and O–H groups in total. The van der Waals surface area contributed by atoms with E-state index in [4.69, 9.17) is 0 Å². The lowest BCUT2D eigenvalue weighted by molar-refractivity contribution is 0.0755. The highest BCUT2D eigenvalue weighted by atomic mass is 19.1. The molecule has 1 aromatic rings. The van der Waals surface area contributed by atoms with Crippen molar-refractivity contribution in [2.24, 2.45) is 5.92 Å². The van der Waals surface area contributed by atoms with E-state index in [-0.39, 0.29) is 5.92 Å². The van der Waals surface area contributed by atoms with E-state index in [0.29, 0.717) is 31.6 Å². The number of nitrogens with zero attached hydrogens (tertiary/aromatic N) is 1. The fourth-order valence-electron chi connectivity index (χ4n) is 2.30. The maximum Gasteiger partial charge on any atom is 0.260 e.